The Morgan fingerprint density at radius 2 is 1.56 bits per heavy atom. The van der Waals surface area contributed by atoms with Crippen LogP contribution in [-0.4, -0.2) is 99.4 Å². The summed E-state index contributed by atoms with van der Waals surface area (Å²) in [7, 11) is 0. The summed E-state index contributed by atoms with van der Waals surface area (Å²) < 4.78 is 11.2. The molecule has 0 spiro atoms. The van der Waals surface area contributed by atoms with Gasteiger partial charge in [-0.15, -0.1) is 0 Å². The van der Waals surface area contributed by atoms with Crippen LogP contribution in [0.5, 0.6) is 0 Å². The van der Waals surface area contributed by atoms with E-state index >= 15 is 0 Å². The molecule has 2 aliphatic heterocycles. The number of hydrogen-bond donors (Lipinski definition) is 0. The molecule has 0 aliphatic carbocycles. The maximum absolute atomic E-state index is 12.2. The number of ether oxygens (including phenoxy) is 2. The van der Waals surface area contributed by atoms with Crippen molar-refractivity contribution in [2.24, 2.45) is 11.8 Å². The van der Waals surface area contributed by atoms with Gasteiger partial charge < -0.3 is 24.2 Å². The largest absolute Gasteiger partial charge is 0.379 e. The third-order valence-electron chi connectivity index (χ3n) is 6.11. The van der Waals surface area contributed by atoms with E-state index in [0.717, 1.165) is 63.9 Å². The lowest BCUT2D eigenvalue weighted by atomic mass is 9.87. The van der Waals surface area contributed by atoms with Crippen molar-refractivity contribution in [1.29, 1.82) is 0 Å². The molecule has 0 aromatic rings. The molecule has 0 N–H and O–H groups in total. The minimum atomic E-state index is 0.128. The quantitative estimate of drug-likeness (QED) is 0.510. The third kappa shape index (κ3) is 8.46. The molecule has 2 saturated heterocycles. The maximum atomic E-state index is 12.2. The molecule has 0 aromatic carbocycles. The molecule has 1 amide bonds. The van der Waals surface area contributed by atoms with Gasteiger partial charge in [-0.05, 0) is 37.6 Å². The first-order valence-electron chi connectivity index (χ1n) is 11.0. The highest BCUT2D eigenvalue weighted by Crippen LogP contribution is 2.24. The molecule has 27 heavy (non-hydrogen) atoms. The molecule has 6 nitrogen and oxygen atoms in total. The van der Waals surface area contributed by atoms with Crippen LogP contribution in [-0.2, 0) is 14.3 Å². The summed E-state index contributed by atoms with van der Waals surface area (Å²) in [5, 5.41) is 0. The number of likely N-dealkylation sites (N-methyl/N-ethyl adjacent to an activating group) is 1. The van der Waals surface area contributed by atoms with Crippen LogP contribution in [0.1, 0.15) is 40.0 Å². The van der Waals surface area contributed by atoms with E-state index in [1.54, 1.807) is 0 Å². The Balaban J connectivity index is 1.40. The Bertz CT molecular complexity index is 403. The number of likely N-dealkylation sites (tertiary alicyclic amines) is 1. The van der Waals surface area contributed by atoms with E-state index in [0.29, 0.717) is 13.2 Å². The van der Waals surface area contributed by atoms with Crippen molar-refractivity contribution in [3.8, 4) is 0 Å². The minimum absolute atomic E-state index is 0.128. The average Bonchev–Trinajstić information content (AvgIpc) is 2.70. The molecule has 0 atom stereocenters. The Labute approximate surface area is 166 Å². The first-order chi connectivity index (χ1) is 13.1. The Morgan fingerprint density at radius 1 is 0.926 bits per heavy atom. The molecule has 0 unspecified atom stereocenters. The summed E-state index contributed by atoms with van der Waals surface area (Å²) in [4.78, 5) is 19.2. The molecular weight excluding hydrogens is 342 g/mol. The standard InChI is InChI=1S/C21H41N3O3/c1-4-22-11-13-23(14-12-22)8-5-15-26-16-17-27-18-21(25)24-9-6-20(7-10-24)19(2)3/h19-20H,4-18H2,1-3H3. The first kappa shape index (κ1) is 22.6. The number of amides is 1. The Hall–Kier alpha value is -0.690. The van der Waals surface area contributed by atoms with E-state index in [1.165, 1.54) is 26.2 Å². The summed E-state index contributed by atoms with van der Waals surface area (Å²) in [6.45, 7) is 17.6. The number of piperidine rings is 1. The second-order valence-corrected chi connectivity index (χ2v) is 8.26. The molecule has 0 saturated carbocycles. The molecule has 2 aliphatic rings. The van der Waals surface area contributed by atoms with Crippen molar-refractivity contribution < 1.29 is 14.3 Å². The van der Waals surface area contributed by atoms with Gasteiger partial charge >= 0.3 is 0 Å². The number of piperazine rings is 1. The smallest absolute Gasteiger partial charge is 0.248 e. The normalized spacial score (nSPS) is 20.5. The van der Waals surface area contributed by atoms with E-state index in [1.807, 2.05) is 4.90 Å². The van der Waals surface area contributed by atoms with Gasteiger partial charge in [0.25, 0.3) is 0 Å². The van der Waals surface area contributed by atoms with Crippen LogP contribution in [0, 0.1) is 11.8 Å². The zero-order valence-electron chi connectivity index (χ0n) is 17.8. The number of hydrogen-bond acceptors (Lipinski definition) is 5. The van der Waals surface area contributed by atoms with Crippen LogP contribution in [0.15, 0.2) is 0 Å². The maximum Gasteiger partial charge on any atom is 0.248 e. The van der Waals surface area contributed by atoms with E-state index in [9.17, 15) is 4.79 Å². The molecule has 0 aromatic heterocycles. The van der Waals surface area contributed by atoms with Gasteiger partial charge in [0, 0.05) is 52.4 Å². The lowest BCUT2D eigenvalue weighted by Crippen LogP contribution is -2.46. The zero-order valence-corrected chi connectivity index (χ0v) is 17.8. The van der Waals surface area contributed by atoms with Crippen LogP contribution >= 0.6 is 0 Å². The molecule has 158 valence electrons. The molecule has 2 fully saturated rings. The molecule has 2 rings (SSSR count). The van der Waals surface area contributed by atoms with Crippen LogP contribution < -0.4 is 0 Å². The topological polar surface area (TPSA) is 45.3 Å². The zero-order chi connectivity index (χ0) is 19.5. The monoisotopic (exact) mass is 383 g/mol. The van der Waals surface area contributed by atoms with Gasteiger partial charge in [0.1, 0.15) is 6.61 Å². The lowest BCUT2D eigenvalue weighted by molar-refractivity contribution is -0.138. The van der Waals surface area contributed by atoms with Gasteiger partial charge in [0.05, 0.1) is 13.2 Å². The summed E-state index contributed by atoms with van der Waals surface area (Å²) >= 11 is 0. The molecular formula is C21H41N3O3. The van der Waals surface area contributed by atoms with Crippen molar-refractivity contribution >= 4 is 5.91 Å². The predicted molar refractivity (Wildman–Crippen MR) is 109 cm³/mol. The van der Waals surface area contributed by atoms with E-state index in [4.69, 9.17) is 9.47 Å². The van der Waals surface area contributed by atoms with Crippen LogP contribution in [0.2, 0.25) is 0 Å². The molecule has 0 bridgehead atoms. The van der Waals surface area contributed by atoms with Crippen molar-refractivity contribution in [3.63, 3.8) is 0 Å². The van der Waals surface area contributed by atoms with Crippen LogP contribution in [0.3, 0.4) is 0 Å². The van der Waals surface area contributed by atoms with Crippen molar-refractivity contribution in [3.05, 3.63) is 0 Å². The van der Waals surface area contributed by atoms with Gasteiger partial charge in [-0.1, -0.05) is 20.8 Å². The number of rotatable bonds is 11. The SMILES string of the molecule is CCN1CCN(CCCOCCOCC(=O)N2CCC(C(C)C)CC2)CC1. The highest BCUT2D eigenvalue weighted by Gasteiger charge is 2.24. The van der Waals surface area contributed by atoms with E-state index in [2.05, 4.69) is 30.6 Å². The fourth-order valence-corrected chi connectivity index (χ4v) is 4.01. The highest BCUT2D eigenvalue weighted by atomic mass is 16.5. The first-order valence-corrected chi connectivity index (χ1v) is 11.0. The Kier molecular flexibility index (Phi) is 10.6. The van der Waals surface area contributed by atoms with Gasteiger partial charge in [-0.3, -0.25) is 4.79 Å². The van der Waals surface area contributed by atoms with E-state index < -0.39 is 0 Å². The van der Waals surface area contributed by atoms with Crippen LogP contribution in [0.25, 0.3) is 0 Å². The molecule has 6 heteroatoms. The third-order valence-corrected chi connectivity index (χ3v) is 6.11. The van der Waals surface area contributed by atoms with Gasteiger partial charge in [-0.25, -0.2) is 0 Å². The number of carbonyl (C=O) groups is 1. The Morgan fingerprint density at radius 3 is 2.19 bits per heavy atom. The number of nitrogens with zero attached hydrogens (tertiary/aromatic N) is 3. The lowest BCUT2D eigenvalue weighted by Gasteiger charge is -2.34. The van der Waals surface area contributed by atoms with Gasteiger partial charge in [-0.2, -0.15) is 0 Å². The van der Waals surface area contributed by atoms with Crippen molar-refractivity contribution in [2.75, 3.05) is 78.8 Å². The molecule has 2 heterocycles. The minimum Gasteiger partial charge on any atom is -0.379 e. The summed E-state index contributed by atoms with van der Waals surface area (Å²) in [5.41, 5.74) is 0. The van der Waals surface area contributed by atoms with Crippen molar-refractivity contribution in [2.45, 2.75) is 40.0 Å². The summed E-state index contributed by atoms with van der Waals surface area (Å²) in [5.74, 6) is 1.61. The second kappa shape index (κ2) is 12.7. The number of carbonyl (C=O) groups excluding carboxylic acids is 1. The average molecular weight is 384 g/mol. The van der Waals surface area contributed by atoms with Crippen molar-refractivity contribution in [1.82, 2.24) is 14.7 Å². The van der Waals surface area contributed by atoms with Gasteiger partial charge in [0.2, 0.25) is 5.91 Å². The fourth-order valence-electron chi connectivity index (χ4n) is 4.01. The van der Waals surface area contributed by atoms with E-state index in [-0.39, 0.29) is 12.5 Å². The van der Waals surface area contributed by atoms with Crippen LogP contribution in [0.4, 0.5) is 0 Å². The summed E-state index contributed by atoms with van der Waals surface area (Å²) in [6, 6.07) is 0. The molecule has 0 radical (unpaired) electrons. The highest BCUT2D eigenvalue weighted by molar-refractivity contribution is 5.77. The summed E-state index contributed by atoms with van der Waals surface area (Å²) in [6.07, 6.45) is 3.32. The predicted octanol–water partition coefficient (Wildman–Crippen LogP) is 1.94. The van der Waals surface area contributed by atoms with Gasteiger partial charge in [0.15, 0.2) is 0 Å². The second-order valence-electron chi connectivity index (χ2n) is 8.26. The fraction of sp³-hybridized carbons (Fsp3) is 0.952.